The first-order chi connectivity index (χ1) is 19.5. The third-order valence-electron chi connectivity index (χ3n) is 7.75. The molecule has 40 heavy (non-hydrogen) atoms. The summed E-state index contributed by atoms with van der Waals surface area (Å²) in [4.78, 5) is 35.7. The number of amides is 3. The fourth-order valence-electron chi connectivity index (χ4n) is 5.46. The van der Waals surface area contributed by atoms with Gasteiger partial charge in [-0.05, 0) is 61.4 Å². The molecule has 3 aromatic rings. The van der Waals surface area contributed by atoms with E-state index >= 15 is 0 Å². The first-order valence-electron chi connectivity index (χ1n) is 14.0. The molecule has 2 heterocycles. The van der Waals surface area contributed by atoms with Crippen molar-refractivity contribution in [2.75, 3.05) is 30.8 Å². The van der Waals surface area contributed by atoms with E-state index in [1.165, 1.54) is 31.0 Å². The Kier molecular flexibility index (Phi) is 9.01. The second-order valence-corrected chi connectivity index (χ2v) is 10.8. The lowest BCUT2D eigenvalue weighted by Gasteiger charge is -2.34. The van der Waals surface area contributed by atoms with Gasteiger partial charge in [0.15, 0.2) is 5.82 Å². The highest BCUT2D eigenvalue weighted by atomic mass is 35.5. The number of urea groups is 1. The lowest BCUT2D eigenvalue weighted by atomic mass is 9.89. The number of hydrogen-bond donors (Lipinski definition) is 4. The molecule has 0 radical (unpaired) electrons. The van der Waals surface area contributed by atoms with Crippen LogP contribution in [0.2, 0.25) is 5.02 Å². The highest BCUT2D eigenvalue weighted by molar-refractivity contribution is 6.33. The highest BCUT2D eigenvalue weighted by Gasteiger charge is 2.25. The average molecular weight is 562 g/mol. The number of halogens is 1. The SMILES string of the molecule is CNC(=O)c1ccccc1Nc1nc(Nc2ccc(C3CCN(C(=O)NC4CCCCC4)CC3)cc2)ncc1Cl. The van der Waals surface area contributed by atoms with E-state index in [0.29, 0.717) is 40.0 Å². The fourth-order valence-corrected chi connectivity index (χ4v) is 5.60. The molecule has 10 heteroatoms. The average Bonchev–Trinajstić information content (AvgIpc) is 3.00. The normalized spacial score (nSPS) is 16.3. The fraction of sp³-hybridized carbons (Fsp3) is 0.400. The second kappa shape index (κ2) is 13.0. The summed E-state index contributed by atoms with van der Waals surface area (Å²) in [5, 5.41) is 12.6. The zero-order valence-corrected chi connectivity index (χ0v) is 23.5. The Morgan fingerprint density at radius 1 is 0.925 bits per heavy atom. The van der Waals surface area contributed by atoms with Gasteiger partial charge >= 0.3 is 6.03 Å². The molecule has 2 fully saturated rings. The van der Waals surface area contributed by atoms with E-state index in [4.69, 9.17) is 11.6 Å². The topological polar surface area (TPSA) is 111 Å². The van der Waals surface area contributed by atoms with E-state index in [0.717, 1.165) is 44.5 Å². The van der Waals surface area contributed by atoms with Gasteiger partial charge in [0.25, 0.3) is 5.91 Å². The standard InChI is InChI=1S/C30H36ClN7O2/c1-32-28(39)24-9-5-6-10-26(24)36-27-25(31)19-33-29(37-27)34-23-13-11-20(12-14-23)21-15-17-38(18-16-21)30(40)35-22-7-3-2-4-8-22/h5-6,9-14,19,21-22H,2-4,7-8,15-18H2,1H3,(H,32,39)(H,35,40)(H2,33,34,36,37). The molecule has 2 aliphatic rings. The summed E-state index contributed by atoms with van der Waals surface area (Å²) in [5.41, 5.74) is 3.20. The Bertz CT molecular complexity index is 1320. The number of anilines is 4. The second-order valence-electron chi connectivity index (χ2n) is 10.4. The van der Waals surface area contributed by atoms with E-state index in [1.54, 1.807) is 25.2 Å². The number of carbonyl (C=O) groups is 2. The van der Waals surface area contributed by atoms with Gasteiger partial charge in [0.1, 0.15) is 5.02 Å². The number of carbonyl (C=O) groups excluding carboxylic acids is 2. The molecule has 1 aliphatic carbocycles. The van der Waals surface area contributed by atoms with Gasteiger partial charge in [-0.3, -0.25) is 4.79 Å². The molecule has 5 rings (SSSR count). The minimum Gasteiger partial charge on any atom is -0.355 e. The van der Waals surface area contributed by atoms with Crippen molar-refractivity contribution in [3.05, 3.63) is 70.9 Å². The predicted molar refractivity (Wildman–Crippen MR) is 159 cm³/mol. The minimum atomic E-state index is -0.208. The maximum Gasteiger partial charge on any atom is 0.317 e. The molecule has 3 amide bonds. The molecule has 4 N–H and O–H groups in total. The number of likely N-dealkylation sites (tertiary alicyclic amines) is 1. The smallest absolute Gasteiger partial charge is 0.317 e. The van der Waals surface area contributed by atoms with Crippen molar-refractivity contribution in [1.82, 2.24) is 25.5 Å². The number of para-hydroxylation sites is 1. The van der Waals surface area contributed by atoms with Gasteiger partial charge in [-0.25, -0.2) is 9.78 Å². The van der Waals surface area contributed by atoms with E-state index in [2.05, 4.69) is 43.4 Å². The molecule has 1 saturated heterocycles. The van der Waals surface area contributed by atoms with Gasteiger partial charge in [-0.2, -0.15) is 4.98 Å². The number of hydrogen-bond acceptors (Lipinski definition) is 6. The Morgan fingerprint density at radius 2 is 1.65 bits per heavy atom. The number of nitrogens with one attached hydrogen (secondary N) is 4. The van der Waals surface area contributed by atoms with Crippen molar-refractivity contribution in [1.29, 1.82) is 0 Å². The molecular formula is C30H36ClN7O2. The molecule has 1 aromatic heterocycles. The summed E-state index contributed by atoms with van der Waals surface area (Å²) in [6, 6.07) is 15.9. The number of piperidine rings is 1. The van der Waals surface area contributed by atoms with Crippen molar-refractivity contribution in [3.8, 4) is 0 Å². The highest BCUT2D eigenvalue weighted by Crippen LogP contribution is 2.30. The molecule has 1 saturated carbocycles. The quantitative estimate of drug-likeness (QED) is 0.273. The van der Waals surface area contributed by atoms with E-state index in [1.807, 2.05) is 23.1 Å². The number of nitrogens with zero attached hydrogens (tertiary/aromatic N) is 3. The van der Waals surface area contributed by atoms with Crippen molar-refractivity contribution < 1.29 is 9.59 Å². The number of aromatic nitrogens is 2. The van der Waals surface area contributed by atoms with Crippen LogP contribution >= 0.6 is 11.6 Å². The molecule has 0 bridgehead atoms. The van der Waals surface area contributed by atoms with Crippen LogP contribution in [0.1, 0.15) is 66.8 Å². The third kappa shape index (κ3) is 6.83. The molecule has 0 unspecified atom stereocenters. The van der Waals surface area contributed by atoms with E-state index in [9.17, 15) is 9.59 Å². The van der Waals surface area contributed by atoms with E-state index in [-0.39, 0.29) is 11.9 Å². The molecule has 210 valence electrons. The maximum atomic E-state index is 12.7. The first kappa shape index (κ1) is 27.7. The van der Waals surface area contributed by atoms with Crippen LogP contribution in [0, 0.1) is 0 Å². The van der Waals surface area contributed by atoms with Crippen LogP contribution < -0.4 is 21.3 Å². The van der Waals surface area contributed by atoms with Crippen molar-refractivity contribution in [3.63, 3.8) is 0 Å². The maximum absolute atomic E-state index is 12.7. The molecule has 2 aromatic carbocycles. The van der Waals surface area contributed by atoms with Crippen molar-refractivity contribution in [2.45, 2.75) is 56.9 Å². The summed E-state index contributed by atoms with van der Waals surface area (Å²) >= 11 is 6.36. The molecule has 1 aliphatic heterocycles. The monoisotopic (exact) mass is 561 g/mol. The van der Waals surface area contributed by atoms with Gasteiger partial charge in [0.05, 0.1) is 17.4 Å². The lowest BCUT2D eigenvalue weighted by molar-refractivity contribution is 0.0964. The largest absolute Gasteiger partial charge is 0.355 e. The molecule has 0 spiro atoms. The Labute approximate surface area is 240 Å². The number of rotatable bonds is 7. The first-order valence-corrected chi connectivity index (χ1v) is 14.4. The van der Waals surface area contributed by atoms with Gasteiger partial charge in [-0.1, -0.05) is 55.1 Å². The van der Waals surface area contributed by atoms with Gasteiger partial charge in [0.2, 0.25) is 5.95 Å². The summed E-state index contributed by atoms with van der Waals surface area (Å²) < 4.78 is 0. The molecule has 0 atom stereocenters. The van der Waals surface area contributed by atoms with Gasteiger partial charge in [-0.15, -0.1) is 0 Å². The summed E-state index contributed by atoms with van der Waals surface area (Å²) in [6.07, 6.45) is 9.36. The Morgan fingerprint density at radius 3 is 2.38 bits per heavy atom. The van der Waals surface area contributed by atoms with E-state index < -0.39 is 0 Å². The lowest BCUT2D eigenvalue weighted by Crippen LogP contribution is -2.48. The number of benzene rings is 2. The molecular weight excluding hydrogens is 526 g/mol. The van der Waals surface area contributed by atoms with Crippen LogP contribution in [-0.2, 0) is 0 Å². The summed E-state index contributed by atoms with van der Waals surface area (Å²) in [7, 11) is 1.59. The van der Waals surface area contributed by atoms with Crippen LogP contribution in [0.25, 0.3) is 0 Å². The summed E-state index contributed by atoms with van der Waals surface area (Å²) in [6.45, 7) is 1.56. The zero-order valence-electron chi connectivity index (χ0n) is 22.8. The van der Waals surface area contributed by atoms with Crippen LogP contribution in [0.4, 0.5) is 27.9 Å². The molecule has 9 nitrogen and oxygen atoms in total. The predicted octanol–water partition coefficient (Wildman–Crippen LogP) is 6.20. The minimum absolute atomic E-state index is 0.0961. The van der Waals surface area contributed by atoms with Crippen LogP contribution in [0.3, 0.4) is 0 Å². The Hall–Kier alpha value is -3.85. The Balaban J connectivity index is 1.17. The van der Waals surface area contributed by atoms with Crippen LogP contribution in [0.5, 0.6) is 0 Å². The van der Waals surface area contributed by atoms with Crippen molar-refractivity contribution in [2.24, 2.45) is 0 Å². The van der Waals surface area contributed by atoms with Crippen LogP contribution in [0.15, 0.2) is 54.7 Å². The van der Waals surface area contributed by atoms with Gasteiger partial charge in [0, 0.05) is 31.9 Å². The van der Waals surface area contributed by atoms with Crippen LogP contribution in [-0.4, -0.2) is 53.0 Å². The summed E-state index contributed by atoms with van der Waals surface area (Å²) in [5.74, 6) is 0.997. The zero-order chi connectivity index (χ0) is 27.9. The van der Waals surface area contributed by atoms with Crippen molar-refractivity contribution >= 4 is 46.7 Å². The van der Waals surface area contributed by atoms with Gasteiger partial charge < -0.3 is 26.2 Å². The third-order valence-corrected chi connectivity index (χ3v) is 8.03.